The fourth-order valence-corrected chi connectivity index (χ4v) is 9.61. The van der Waals surface area contributed by atoms with Gasteiger partial charge in [0.15, 0.2) is 5.58 Å². The minimum Gasteiger partial charge on any atom is -0.444 e. The Morgan fingerprint density at radius 2 is 1.48 bits per heavy atom. The fraction of sp³-hybridized carbons (Fsp3) is 0.547. The molecule has 22 heteroatoms. The van der Waals surface area contributed by atoms with Gasteiger partial charge in [0.2, 0.25) is 23.6 Å². The molecule has 4 aliphatic heterocycles. The van der Waals surface area contributed by atoms with Gasteiger partial charge in [-0.1, -0.05) is 30.3 Å². The van der Waals surface area contributed by atoms with Crippen LogP contribution in [0.1, 0.15) is 49.3 Å². The van der Waals surface area contributed by atoms with Crippen LogP contribution in [0.25, 0.3) is 11.1 Å². The van der Waals surface area contributed by atoms with Crippen molar-refractivity contribution in [3.63, 3.8) is 0 Å². The van der Waals surface area contributed by atoms with Crippen molar-refractivity contribution < 1.29 is 61.2 Å². The Kier molecular flexibility index (Phi) is 20.0. The Balaban J connectivity index is 0.696. The molecule has 1 aromatic heterocycles. The molecule has 5 heterocycles. The number of nitrogens with zero attached hydrogens (tertiary/aromatic N) is 6. The molecule has 8 rings (SSSR count). The zero-order valence-corrected chi connectivity index (χ0v) is 42.9. The zero-order valence-electron chi connectivity index (χ0n) is 42.9. The SMILES string of the molecule is CCOCCOCCOCCOCCC(=O)N1CCN(CC(=O)NCC(=O)NC(C)C(=O)NCc2ccc(COC(=O)N3c4cc(F)ccc4C4CN(c5ccc6nc(N7CCOCC7)oc6c5)CCC43)cc2)CC1. The second kappa shape index (κ2) is 27.4. The Hall–Kier alpha value is -6.43. The number of hydrogen-bond acceptors (Lipinski definition) is 16. The molecular weight excluding hydrogens is 974 g/mol. The first-order valence-corrected chi connectivity index (χ1v) is 26.0. The number of hydrogen-bond donors (Lipinski definition) is 3. The first-order chi connectivity index (χ1) is 36.5. The number of morpholine rings is 1. The molecule has 0 radical (unpaired) electrons. The van der Waals surface area contributed by atoms with Gasteiger partial charge in [0, 0.05) is 83.2 Å². The normalized spacial score (nSPS) is 18.1. The highest BCUT2D eigenvalue weighted by Gasteiger charge is 2.45. The van der Waals surface area contributed by atoms with Gasteiger partial charge < -0.3 is 63.5 Å². The molecule has 3 atom stereocenters. The summed E-state index contributed by atoms with van der Waals surface area (Å²) in [6.07, 6.45) is 0.340. The van der Waals surface area contributed by atoms with Gasteiger partial charge in [-0.25, -0.2) is 9.18 Å². The number of nitrogens with one attached hydrogen (secondary N) is 3. The smallest absolute Gasteiger partial charge is 0.414 e. The van der Waals surface area contributed by atoms with Crippen molar-refractivity contribution in [1.82, 2.24) is 30.7 Å². The number of carbonyl (C=O) groups is 5. The van der Waals surface area contributed by atoms with Crippen LogP contribution >= 0.6 is 0 Å². The standard InChI is InChI=1S/C53H70FN9O12/c1-3-69-24-25-72-28-29-73-27-26-70-21-13-50(66)60-17-15-59(16-18-60)35-49(65)55-33-48(64)57-37(2)51(67)56-32-38-4-6-39(7-5-38)36-74-53(68)63-45-12-14-62(34-43(45)42-10-8-40(54)30-46(42)63)41-9-11-44-47(31-41)75-52(58-44)61-19-22-71-23-20-61/h4-11,30-31,37,43,45H,3,12-29,32-36H2,1-2H3,(H,55,65)(H,56,67)(H,57,64). The number of oxazole rings is 1. The number of piperazine rings is 1. The molecule has 4 aliphatic rings. The van der Waals surface area contributed by atoms with Gasteiger partial charge in [0.25, 0.3) is 6.01 Å². The number of amides is 5. The van der Waals surface area contributed by atoms with Crippen LogP contribution in [-0.4, -0.2) is 188 Å². The molecule has 406 valence electrons. The van der Waals surface area contributed by atoms with E-state index < -0.39 is 29.8 Å². The molecule has 0 spiro atoms. The van der Waals surface area contributed by atoms with Crippen LogP contribution in [0.5, 0.6) is 0 Å². The second-order valence-electron chi connectivity index (χ2n) is 18.8. The summed E-state index contributed by atoms with van der Waals surface area (Å²) in [5, 5.41) is 8.03. The number of halogens is 1. The molecule has 75 heavy (non-hydrogen) atoms. The number of benzene rings is 3. The van der Waals surface area contributed by atoms with Crippen LogP contribution in [0.4, 0.5) is 26.6 Å². The zero-order chi connectivity index (χ0) is 52.5. The lowest BCUT2D eigenvalue weighted by molar-refractivity contribution is -0.134. The summed E-state index contributed by atoms with van der Waals surface area (Å²) in [5.41, 5.74) is 5.38. The summed E-state index contributed by atoms with van der Waals surface area (Å²) in [7, 11) is 0. The number of anilines is 3. The molecule has 0 saturated carbocycles. The highest BCUT2D eigenvalue weighted by molar-refractivity contribution is 5.93. The predicted molar refractivity (Wildman–Crippen MR) is 275 cm³/mol. The number of fused-ring (bicyclic) bond motifs is 4. The number of rotatable bonds is 25. The molecule has 5 amide bonds. The van der Waals surface area contributed by atoms with Gasteiger partial charge in [-0.05, 0) is 61.2 Å². The van der Waals surface area contributed by atoms with Crippen LogP contribution in [0.3, 0.4) is 0 Å². The molecule has 0 bridgehead atoms. The fourth-order valence-electron chi connectivity index (χ4n) is 9.61. The number of ether oxygens (including phenoxy) is 6. The van der Waals surface area contributed by atoms with E-state index in [1.165, 1.54) is 12.1 Å². The van der Waals surface area contributed by atoms with Gasteiger partial charge in [0.05, 0.1) is 90.7 Å². The van der Waals surface area contributed by atoms with Crippen LogP contribution in [-0.2, 0) is 60.8 Å². The highest BCUT2D eigenvalue weighted by atomic mass is 19.1. The van der Waals surface area contributed by atoms with E-state index in [4.69, 9.17) is 37.8 Å². The molecule has 0 aliphatic carbocycles. The summed E-state index contributed by atoms with van der Waals surface area (Å²) >= 11 is 0. The third-order valence-electron chi connectivity index (χ3n) is 13.7. The predicted octanol–water partition coefficient (Wildman–Crippen LogP) is 3.18. The van der Waals surface area contributed by atoms with Crippen LogP contribution in [0.15, 0.2) is 65.1 Å². The molecule has 3 N–H and O–H groups in total. The third kappa shape index (κ3) is 15.4. The van der Waals surface area contributed by atoms with Crippen molar-refractivity contribution in [2.75, 3.05) is 146 Å². The van der Waals surface area contributed by atoms with Crippen molar-refractivity contribution in [3.05, 3.63) is 83.2 Å². The monoisotopic (exact) mass is 1040 g/mol. The molecule has 3 aromatic carbocycles. The minimum atomic E-state index is -0.868. The highest BCUT2D eigenvalue weighted by Crippen LogP contribution is 2.46. The lowest BCUT2D eigenvalue weighted by Crippen LogP contribution is -2.52. The van der Waals surface area contributed by atoms with Crippen molar-refractivity contribution in [2.45, 2.75) is 57.8 Å². The second-order valence-corrected chi connectivity index (χ2v) is 18.8. The summed E-state index contributed by atoms with van der Waals surface area (Å²) in [6, 6.07) is 17.3. The Bertz CT molecular complexity index is 2540. The van der Waals surface area contributed by atoms with E-state index in [2.05, 4.69) is 25.8 Å². The van der Waals surface area contributed by atoms with Crippen molar-refractivity contribution in [2.24, 2.45) is 0 Å². The van der Waals surface area contributed by atoms with Gasteiger partial charge in [0.1, 0.15) is 24.0 Å². The Morgan fingerprint density at radius 1 is 0.773 bits per heavy atom. The van der Waals surface area contributed by atoms with Crippen molar-refractivity contribution >= 4 is 58.2 Å². The quantitative estimate of drug-likeness (QED) is 0.0813. The largest absolute Gasteiger partial charge is 0.444 e. The maximum Gasteiger partial charge on any atom is 0.414 e. The lowest BCUT2D eigenvalue weighted by atomic mass is 9.89. The van der Waals surface area contributed by atoms with Crippen LogP contribution in [0.2, 0.25) is 0 Å². The molecule has 3 unspecified atom stereocenters. The summed E-state index contributed by atoms with van der Waals surface area (Å²) in [6.45, 7) is 13.2. The Morgan fingerprint density at radius 3 is 2.21 bits per heavy atom. The van der Waals surface area contributed by atoms with Gasteiger partial charge >= 0.3 is 6.09 Å². The third-order valence-corrected chi connectivity index (χ3v) is 13.7. The van der Waals surface area contributed by atoms with E-state index in [1.807, 2.05) is 42.2 Å². The van der Waals surface area contributed by atoms with Gasteiger partial charge in [-0.2, -0.15) is 4.98 Å². The molecule has 4 aromatic rings. The summed E-state index contributed by atoms with van der Waals surface area (Å²) in [5.74, 6) is -1.79. The number of aromatic nitrogens is 1. The first-order valence-electron chi connectivity index (χ1n) is 26.0. The average Bonchev–Trinajstić information content (AvgIpc) is 4.00. The van der Waals surface area contributed by atoms with E-state index in [0.29, 0.717) is 129 Å². The average molecular weight is 1040 g/mol. The van der Waals surface area contributed by atoms with Crippen molar-refractivity contribution in [1.29, 1.82) is 0 Å². The summed E-state index contributed by atoms with van der Waals surface area (Å²) in [4.78, 5) is 79.0. The van der Waals surface area contributed by atoms with Crippen molar-refractivity contribution in [3.8, 4) is 0 Å². The van der Waals surface area contributed by atoms with Gasteiger partial charge in [-0.15, -0.1) is 0 Å². The maximum atomic E-state index is 14.7. The van der Waals surface area contributed by atoms with Crippen LogP contribution < -0.4 is 30.7 Å². The van der Waals surface area contributed by atoms with E-state index in [-0.39, 0.29) is 56.4 Å². The minimum absolute atomic E-state index is 0.0127. The van der Waals surface area contributed by atoms with E-state index in [0.717, 1.165) is 41.0 Å². The number of piperidine rings is 1. The molecule has 21 nitrogen and oxygen atoms in total. The van der Waals surface area contributed by atoms with Gasteiger partial charge in [-0.3, -0.25) is 29.0 Å². The Labute approximate surface area is 436 Å². The first kappa shape index (κ1) is 54.8. The summed E-state index contributed by atoms with van der Waals surface area (Å²) < 4.78 is 53.8. The lowest BCUT2D eigenvalue weighted by Gasteiger charge is -2.39. The van der Waals surface area contributed by atoms with E-state index >= 15 is 0 Å². The topological polar surface area (TPSA) is 219 Å². The maximum absolute atomic E-state index is 14.7. The van der Waals surface area contributed by atoms with E-state index in [1.54, 1.807) is 34.9 Å². The van der Waals surface area contributed by atoms with E-state index in [9.17, 15) is 28.4 Å². The molecule has 3 saturated heterocycles. The molecular formula is C53H70FN9O12. The number of carbonyl (C=O) groups excluding carboxylic acids is 5. The molecule has 3 fully saturated rings. The van der Waals surface area contributed by atoms with Crippen LogP contribution in [0, 0.1) is 5.82 Å².